The van der Waals surface area contributed by atoms with Crippen LogP contribution in [0.2, 0.25) is 0 Å². The topological polar surface area (TPSA) is 73.2 Å². The fourth-order valence-corrected chi connectivity index (χ4v) is 3.54. The molecule has 2 rings (SSSR count). The Morgan fingerprint density at radius 1 is 1.21 bits per heavy atom. The van der Waals surface area contributed by atoms with E-state index < -0.39 is 10.0 Å². The van der Waals surface area contributed by atoms with Crippen LogP contribution in [0.3, 0.4) is 0 Å². The molecule has 6 nitrogen and oxygen atoms in total. The molecule has 1 N–H and O–H groups in total. The van der Waals surface area contributed by atoms with Crippen molar-refractivity contribution in [2.45, 2.75) is 45.6 Å². The average Bonchev–Trinajstić information content (AvgIpc) is 2.83. The quantitative estimate of drug-likeness (QED) is 0.793. The summed E-state index contributed by atoms with van der Waals surface area (Å²) in [4.78, 5) is 0.247. The van der Waals surface area contributed by atoms with Crippen LogP contribution in [0.1, 0.15) is 30.3 Å². The summed E-state index contributed by atoms with van der Waals surface area (Å²) < 4.78 is 34.8. The van der Waals surface area contributed by atoms with Crippen molar-refractivity contribution in [1.29, 1.82) is 0 Å². The number of nitrogens with zero attached hydrogens (tertiary/aromatic N) is 2. The van der Waals surface area contributed by atoms with E-state index in [0.29, 0.717) is 13.2 Å². The predicted octanol–water partition coefficient (Wildman–Crippen LogP) is 2.58. The SMILES string of the molecule is CCCOc1ccc(S(=O)(=O)NCCn2nc(C)cc2C)cc1C. The Hall–Kier alpha value is -1.86. The van der Waals surface area contributed by atoms with Gasteiger partial charge in [0.1, 0.15) is 5.75 Å². The fraction of sp³-hybridized carbons (Fsp3) is 0.471. The molecule has 132 valence electrons. The highest BCUT2D eigenvalue weighted by Gasteiger charge is 2.15. The molecular weight excluding hydrogens is 326 g/mol. The number of aryl methyl sites for hydroxylation is 3. The molecule has 0 radical (unpaired) electrons. The van der Waals surface area contributed by atoms with Gasteiger partial charge in [-0.1, -0.05) is 6.92 Å². The molecule has 0 unspecified atom stereocenters. The first-order chi connectivity index (χ1) is 11.3. The van der Waals surface area contributed by atoms with Crippen LogP contribution in [0.25, 0.3) is 0 Å². The maximum Gasteiger partial charge on any atom is 0.240 e. The third-order valence-corrected chi connectivity index (χ3v) is 5.10. The predicted molar refractivity (Wildman–Crippen MR) is 93.9 cm³/mol. The lowest BCUT2D eigenvalue weighted by molar-refractivity contribution is 0.315. The van der Waals surface area contributed by atoms with Gasteiger partial charge < -0.3 is 4.74 Å². The van der Waals surface area contributed by atoms with Gasteiger partial charge in [-0.2, -0.15) is 5.10 Å². The fourth-order valence-electron chi connectivity index (χ4n) is 2.43. The molecule has 0 saturated heterocycles. The Morgan fingerprint density at radius 3 is 2.54 bits per heavy atom. The van der Waals surface area contributed by atoms with E-state index in [-0.39, 0.29) is 11.4 Å². The van der Waals surface area contributed by atoms with Crippen molar-refractivity contribution in [3.8, 4) is 5.75 Å². The molecule has 24 heavy (non-hydrogen) atoms. The monoisotopic (exact) mass is 351 g/mol. The van der Waals surface area contributed by atoms with Crippen molar-refractivity contribution >= 4 is 10.0 Å². The smallest absolute Gasteiger partial charge is 0.240 e. The lowest BCUT2D eigenvalue weighted by Crippen LogP contribution is -2.28. The summed E-state index contributed by atoms with van der Waals surface area (Å²) in [6.07, 6.45) is 0.910. The first-order valence-corrected chi connectivity index (χ1v) is 9.56. The van der Waals surface area contributed by atoms with Crippen LogP contribution in [0, 0.1) is 20.8 Å². The second-order valence-electron chi connectivity index (χ2n) is 5.82. The van der Waals surface area contributed by atoms with Gasteiger partial charge in [0.15, 0.2) is 0 Å². The largest absolute Gasteiger partial charge is 0.493 e. The van der Waals surface area contributed by atoms with Crippen LogP contribution in [0.5, 0.6) is 5.75 Å². The number of sulfonamides is 1. The Labute approximate surface area is 143 Å². The van der Waals surface area contributed by atoms with Gasteiger partial charge in [-0.05, 0) is 57.0 Å². The highest BCUT2D eigenvalue weighted by molar-refractivity contribution is 7.89. The second-order valence-corrected chi connectivity index (χ2v) is 7.59. The first kappa shape index (κ1) is 18.5. The Morgan fingerprint density at radius 2 is 1.96 bits per heavy atom. The molecule has 2 aromatic rings. The van der Waals surface area contributed by atoms with Crippen LogP contribution < -0.4 is 9.46 Å². The van der Waals surface area contributed by atoms with Gasteiger partial charge in [0.05, 0.1) is 23.7 Å². The van der Waals surface area contributed by atoms with E-state index in [9.17, 15) is 8.42 Å². The summed E-state index contributed by atoms with van der Waals surface area (Å²) in [6, 6.07) is 6.88. The molecule has 0 amide bonds. The Bertz CT molecular complexity index is 797. The van der Waals surface area contributed by atoms with Crippen LogP contribution in [-0.2, 0) is 16.6 Å². The normalized spacial score (nSPS) is 11.7. The minimum Gasteiger partial charge on any atom is -0.493 e. The van der Waals surface area contributed by atoms with Gasteiger partial charge in [0.2, 0.25) is 10.0 Å². The minimum atomic E-state index is -3.54. The highest BCUT2D eigenvalue weighted by Crippen LogP contribution is 2.21. The summed E-state index contributed by atoms with van der Waals surface area (Å²) in [5, 5.41) is 4.32. The number of nitrogens with one attached hydrogen (secondary N) is 1. The molecule has 0 fully saturated rings. The van der Waals surface area contributed by atoms with E-state index in [4.69, 9.17) is 4.74 Å². The van der Waals surface area contributed by atoms with Crippen molar-refractivity contribution in [2.24, 2.45) is 0 Å². The van der Waals surface area contributed by atoms with Crippen molar-refractivity contribution in [2.75, 3.05) is 13.2 Å². The van der Waals surface area contributed by atoms with Crippen molar-refractivity contribution in [1.82, 2.24) is 14.5 Å². The number of rotatable bonds is 8. The lowest BCUT2D eigenvalue weighted by Gasteiger charge is -2.11. The zero-order valence-electron chi connectivity index (χ0n) is 14.7. The first-order valence-electron chi connectivity index (χ1n) is 8.07. The zero-order chi connectivity index (χ0) is 17.7. The molecule has 1 aromatic carbocycles. The summed E-state index contributed by atoms with van der Waals surface area (Å²) in [7, 11) is -3.54. The van der Waals surface area contributed by atoms with Gasteiger partial charge in [-0.3, -0.25) is 4.68 Å². The highest BCUT2D eigenvalue weighted by atomic mass is 32.2. The third kappa shape index (κ3) is 4.58. The van der Waals surface area contributed by atoms with E-state index in [1.54, 1.807) is 22.9 Å². The molecular formula is C17H25N3O3S. The zero-order valence-corrected chi connectivity index (χ0v) is 15.5. The lowest BCUT2D eigenvalue weighted by atomic mass is 10.2. The summed E-state index contributed by atoms with van der Waals surface area (Å²) >= 11 is 0. The van der Waals surface area contributed by atoms with Gasteiger partial charge in [0, 0.05) is 12.2 Å². The minimum absolute atomic E-state index is 0.247. The van der Waals surface area contributed by atoms with Crippen molar-refractivity contribution in [3.63, 3.8) is 0 Å². The Kier molecular flexibility index (Phi) is 6.01. The molecule has 0 aliphatic rings. The van der Waals surface area contributed by atoms with Crippen LogP contribution in [0.4, 0.5) is 0 Å². The molecule has 7 heteroatoms. The van der Waals surface area contributed by atoms with Crippen molar-refractivity contribution < 1.29 is 13.2 Å². The molecule has 0 atom stereocenters. The van der Waals surface area contributed by atoms with Crippen molar-refractivity contribution in [3.05, 3.63) is 41.2 Å². The molecule has 1 aromatic heterocycles. The number of aromatic nitrogens is 2. The van der Waals surface area contributed by atoms with E-state index in [0.717, 1.165) is 29.1 Å². The number of benzene rings is 1. The number of hydrogen-bond acceptors (Lipinski definition) is 4. The maximum atomic E-state index is 12.4. The van der Waals surface area contributed by atoms with E-state index >= 15 is 0 Å². The van der Waals surface area contributed by atoms with Crippen LogP contribution in [0.15, 0.2) is 29.2 Å². The number of hydrogen-bond donors (Lipinski definition) is 1. The average molecular weight is 351 g/mol. The summed E-state index contributed by atoms with van der Waals surface area (Å²) in [5.41, 5.74) is 2.75. The summed E-state index contributed by atoms with van der Waals surface area (Å²) in [5.74, 6) is 0.721. The van der Waals surface area contributed by atoms with Gasteiger partial charge in [0.25, 0.3) is 0 Å². The third-order valence-electron chi connectivity index (χ3n) is 3.64. The van der Waals surface area contributed by atoms with Gasteiger partial charge in [-0.25, -0.2) is 13.1 Å². The van der Waals surface area contributed by atoms with Gasteiger partial charge >= 0.3 is 0 Å². The molecule has 0 saturated carbocycles. The standard InChI is InChI=1S/C17H25N3O3S/c1-5-10-23-17-7-6-16(11-13(17)2)24(21,22)18-8-9-20-15(4)12-14(3)19-20/h6-7,11-12,18H,5,8-10H2,1-4H3. The number of ether oxygens (including phenoxy) is 1. The Balaban J connectivity index is 2.02. The molecule has 0 aliphatic heterocycles. The van der Waals surface area contributed by atoms with E-state index in [1.807, 2.05) is 33.8 Å². The second kappa shape index (κ2) is 7.81. The van der Waals surface area contributed by atoms with E-state index in [2.05, 4.69) is 9.82 Å². The van der Waals surface area contributed by atoms with Crippen LogP contribution in [-0.4, -0.2) is 31.3 Å². The molecule has 0 bridgehead atoms. The van der Waals surface area contributed by atoms with Gasteiger partial charge in [-0.15, -0.1) is 0 Å². The summed E-state index contributed by atoms with van der Waals surface area (Å²) in [6.45, 7) is 9.15. The van der Waals surface area contributed by atoms with Crippen LogP contribution >= 0.6 is 0 Å². The molecule has 1 heterocycles. The molecule has 0 aliphatic carbocycles. The maximum absolute atomic E-state index is 12.4. The molecule has 0 spiro atoms. The van der Waals surface area contributed by atoms with E-state index in [1.165, 1.54) is 0 Å².